The first-order chi connectivity index (χ1) is 13.6. The molecule has 1 aliphatic rings. The molecule has 0 saturated heterocycles. The van der Waals surface area contributed by atoms with Crippen molar-refractivity contribution in [2.24, 2.45) is 11.7 Å². The van der Waals surface area contributed by atoms with Crippen LogP contribution < -0.4 is 11.1 Å². The molecule has 0 radical (unpaired) electrons. The minimum Gasteiger partial charge on any atom is -0.396 e. The molecule has 3 aromatic rings. The number of nitrogens with one attached hydrogen (secondary N) is 1. The summed E-state index contributed by atoms with van der Waals surface area (Å²) in [6.45, 7) is 1.70. The Bertz CT molecular complexity index is 955. The van der Waals surface area contributed by atoms with E-state index in [0.717, 1.165) is 27.8 Å². The van der Waals surface area contributed by atoms with Crippen LogP contribution in [0.25, 0.3) is 11.1 Å². The number of carbonyl (C=O) groups is 1. The molecule has 4 nitrogen and oxygen atoms in total. The molecule has 0 fully saturated rings. The van der Waals surface area contributed by atoms with Gasteiger partial charge in [0.15, 0.2) is 0 Å². The minimum absolute atomic E-state index is 0.130. The van der Waals surface area contributed by atoms with E-state index in [4.69, 9.17) is 5.73 Å². The fourth-order valence-corrected chi connectivity index (χ4v) is 4.31. The Kier molecular flexibility index (Phi) is 4.75. The summed E-state index contributed by atoms with van der Waals surface area (Å²) in [5.41, 5.74) is 10.5. The molecule has 142 valence electrons. The maximum atomic E-state index is 12.3. The van der Waals surface area contributed by atoms with Gasteiger partial charge in [0.2, 0.25) is 5.91 Å². The van der Waals surface area contributed by atoms with Crippen LogP contribution in [0.2, 0.25) is 0 Å². The van der Waals surface area contributed by atoms with Crippen molar-refractivity contribution in [3.05, 3.63) is 95.6 Å². The van der Waals surface area contributed by atoms with Crippen LogP contribution >= 0.6 is 0 Å². The topological polar surface area (TPSA) is 75.3 Å². The standard InChI is InChI=1S/C24H24N2O2/c1-16(15-27)22(23(25)28)26-24(17-9-3-2-4-10-17)20-13-7-5-11-18(20)19-12-6-8-14-21(19)24/h2-14,16,22,26-27H,15H2,1H3,(H2,25,28). The van der Waals surface area contributed by atoms with Gasteiger partial charge in [0, 0.05) is 12.5 Å². The monoisotopic (exact) mass is 372 g/mol. The number of primary amides is 1. The number of hydrogen-bond donors (Lipinski definition) is 3. The van der Waals surface area contributed by atoms with E-state index in [1.807, 2.05) is 49.4 Å². The molecule has 0 aromatic heterocycles. The van der Waals surface area contributed by atoms with Gasteiger partial charge < -0.3 is 10.8 Å². The molecule has 4 N–H and O–H groups in total. The van der Waals surface area contributed by atoms with Crippen molar-refractivity contribution < 1.29 is 9.90 Å². The van der Waals surface area contributed by atoms with E-state index in [1.54, 1.807) is 0 Å². The number of nitrogens with two attached hydrogens (primary N) is 1. The molecule has 0 aliphatic heterocycles. The van der Waals surface area contributed by atoms with Crippen molar-refractivity contribution >= 4 is 5.91 Å². The Morgan fingerprint density at radius 1 is 0.929 bits per heavy atom. The van der Waals surface area contributed by atoms with Crippen molar-refractivity contribution in [1.82, 2.24) is 5.32 Å². The van der Waals surface area contributed by atoms with Crippen LogP contribution in [0.4, 0.5) is 0 Å². The summed E-state index contributed by atoms with van der Waals surface area (Å²) >= 11 is 0. The first kappa shape index (κ1) is 18.4. The highest BCUT2D eigenvalue weighted by molar-refractivity contribution is 5.85. The zero-order valence-corrected chi connectivity index (χ0v) is 15.8. The molecule has 0 saturated carbocycles. The highest BCUT2D eigenvalue weighted by atomic mass is 16.3. The lowest BCUT2D eigenvalue weighted by Gasteiger charge is -2.38. The number of benzene rings is 3. The fraction of sp³-hybridized carbons (Fsp3) is 0.208. The average Bonchev–Trinajstić information content (AvgIpc) is 3.03. The molecule has 3 aromatic carbocycles. The molecule has 0 bridgehead atoms. The molecule has 28 heavy (non-hydrogen) atoms. The third-order valence-electron chi connectivity index (χ3n) is 5.69. The van der Waals surface area contributed by atoms with Crippen molar-refractivity contribution in [3.8, 4) is 11.1 Å². The van der Waals surface area contributed by atoms with Gasteiger partial charge in [-0.1, -0.05) is 85.8 Å². The molecule has 4 heteroatoms. The first-order valence-electron chi connectivity index (χ1n) is 9.52. The highest BCUT2D eigenvalue weighted by Gasteiger charge is 2.46. The maximum Gasteiger partial charge on any atom is 0.234 e. The van der Waals surface area contributed by atoms with Crippen molar-refractivity contribution in [3.63, 3.8) is 0 Å². The van der Waals surface area contributed by atoms with E-state index in [9.17, 15) is 9.90 Å². The smallest absolute Gasteiger partial charge is 0.234 e. The summed E-state index contributed by atoms with van der Waals surface area (Å²) in [5, 5.41) is 13.3. The van der Waals surface area contributed by atoms with Gasteiger partial charge in [-0.05, 0) is 27.8 Å². The van der Waals surface area contributed by atoms with Crippen molar-refractivity contribution in [2.45, 2.75) is 18.5 Å². The lowest BCUT2D eigenvalue weighted by molar-refractivity contribution is -0.122. The average molecular weight is 372 g/mol. The van der Waals surface area contributed by atoms with Gasteiger partial charge in [0.25, 0.3) is 0 Å². The second-order valence-electron chi connectivity index (χ2n) is 7.39. The number of aliphatic hydroxyl groups is 1. The lowest BCUT2D eigenvalue weighted by atomic mass is 9.79. The third-order valence-corrected chi connectivity index (χ3v) is 5.69. The van der Waals surface area contributed by atoms with Crippen molar-refractivity contribution in [2.75, 3.05) is 6.61 Å². The zero-order valence-electron chi connectivity index (χ0n) is 15.8. The molecule has 4 rings (SSSR count). The quantitative estimate of drug-likeness (QED) is 0.623. The Morgan fingerprint density at radius 2 is 1.43 bits per heavy atom. The molecule has 1 amide bonds. The number of carbonyl (C=O) groups excluding carboxylic acids is 1. The molecule has 0 spiro atoms. The normalized spacial score (nSPS) is 16.1. The van der Waals surface area contributed by atoms with Crippen molar-refractivity contribution in [1.29, 1.82) is 0 Å². The summed E-state index contributed by atoms with van der Waals surface area (Å²) in [6.07, 6.45) is 0. The SMILES string of the molecule is CC(CO)C(NC1(c2ccccc2)c2ccccc2-c2ccccc21)C(N)=O. The Hall–Kier alpha value is -2.95. The fourth-order valence-electron chi connectivity index (χ4n) is 4.31. The predicted molar refractivity (Wildman–Crippen MR) is 111 cm³/mol. The molecule has 2 unspecified atom stereocenters. The van der Waals surface area contributed by atoms with Crippen LogP contribution in [-0.2, 0) is 10.3 Å². The molecule has 1 aliphatic carbocycles. The summed E-state index contributed by atoms with van der Waals surface area (Å²) in [4.78, 5) is 12.3. The molecular formula is C24H24N2O2. The summed E-state index contributed by atoms with van der Waals surface area (Å²) in [6, 6.07) is 25.9. The molecular weight excluding hydrogens is 348 g/mol. The zero-order chi connectivity index (χ0) is 19.7. The van der Waals surface area contributed by atoms with E-state index in [1.165, 1.54) is 0 Å². The van der Waals surface area contributed by atoms with Crippen LogP contribution in [0.15, 0.2) is 78.9 Å². The number of hydrogen-bond acceptors (Lipinski definition) is 3. The summed E-state index contributed by atoms with van der Waals surface area (Å²) < 4.78 is 0. The van der Waals surface area contributed by atoms with Gasteiger partial charge >= 0.3 is 0 Å². The Labute approximate surface area is 165 Å². The van der Waals surface area contributed by atoms with Crippen LogP contribution in [0, 0.1) is 5.92 Å². The van der Waals surface area contributed by atoms with E-state index < -0.39 is 17.5 Å². The van der Waals surface area contributed by atoms with E-state index >= 15 is 0 Å². The van der Waals surface area contributed by atoms with E-state index in [2.05, 4.69) is 41.7 Å². The number of aliphatic hydroxyl groups excluding tert-OH is 1. The van der Waals surface area contributed by atoms with Crippen LogP contribution in [0.3, 0.4) is 0 Å². The first-order valence-corrected chi connectivity index (χ1v) is 9.52. The van der Waals surface area contributed by atoms with E-state index in [-0.39, 0.29) is 12.5 Å². The van der Waals surface area contributed by atoms with Gasteiger partial charge in [-0.25, -0.2) is 0 Å². The second kappa shape index (κ2) is 7.23. The number of fused-ring (bicyclic) bond motifs is 3. The predicted octanol–water partition coefficient (Wildman–Crippen LogP) is 3.03. The summed E-state index contributed by atoms with van der Waals surface area (Å²) in [5.74, 6) is -0.795. The van der Waals surface area contributed by atoms with Gasteiger partial charge in [0.1, 0.15) is 0 Å². The van der Waals surface area contributed by atoms with Gasteiger partial charge in [-0.2, -0.15) is 0 Å². The lowest BCUT2D eigenvalue weighted by Crippen LogP contribution is -2.56. The molecule has 2 atom stereocenters. The maximum absolute atomic E-state index is 12.3. The number of rotatable bonds is 6. The second-order valence-corrected chi connectivity index (χ2v) is 7.39. The minimum atomic E-state index is -0.725. The third kappa shape index (κ3) is 2.73. The van der Waals surface area contributed by atoms with Gasteiger partial charge in [0.05, 0.1) is 11.6 Å². The van der Waals surface area contributed by atoms with Crippen LogP contribution in [-0.4, -0.2) is 23.7 Å². The van der Waals surface area contributed by atoms with E-state index in [0.29, 0.717) is 0 Å². The van der Waals surface area contributed by atoms with Gasteiger partial charge in [-0.15, -0.1) is 0 Å². The summed E-state index contributed by atoms with van der Waals surface area (Å²) in [7, 11) is 0. The number of amides is 1. The highest BCUT2D eigenvalue weighted by Crippen LogP contribution is 2.51. The molecule has 0 heterocycles. The van der Waals surface area contributed by atoms with Gasteiger partial charge in [-0.3, -0.25) is 10.1 Å². The van der Waals surface area contributed by atoms with Crippen LogP contribution in [0.1, 0.15) is 23.6 Å². The Morgan fingerprint density at radius 3 is 1.93 bits per heavy atom. The Balaban J connectivity index is 2.02. The largest absolute Gasteiger partial charge is 0.396 e. The van der Waals surface area contributed by atoms with Crippen LogP contribution in [0.5, 0.6) is 0 Å².